The van der Waals surface area contributed by atoms with Crippen LogP contribution in [0.2, 0.25) is 0 Å². The largest absolute Gasteiger partial charge is 0.343 e. The molecule has 0 radical (unpaired) electrons. The monoisotopic (exact) mass is 377 g/mol. The van der Waals surface area contributed by atoms with E-state index in [-0.39, 0.29) is 18.3 Å². The highest BCUT2D eigenvalue weighted by Gasteiger charge is 2.27. The van der Waals surface area contributed by atoms with Gasteiger partial charge in [-0.15, -0.1) is 12.4 Å². The van der Waals surface area contributed by atoms with Crippen LogP contribution in [0.1, 0.15) is 43.6 Å². The van der Waals surface area contributed by atoms with E-state index in [0.717, 1.165) is 55.6 Å². The molecule has 2 heterocycles. The summed E-state index contributed by atoms with van der Waals surface area (Å²) in [6.45, 7) is 7.89. The Morgan fingerprint density at radius 1 is 1.43 bits per heavy atom. The molecule has 0 unspecified atom stereocenters. The topological polar surface area (TPSA) is 37.3 Å². The van der Waals surface area contributed by atoms with Gasteiger partial charge in [-0.1, -0.05) is 6.92 Å². The zero-order valence-corrected chi connectivity index (χ0v) is 15.2. The smallest absolute Gasteiger partial charge is 0.270 e. The van der Waals surface area contributed by atoms with Crippen molar-refractivity contribution in [1.29, 1.82) is 0 Å². The Balaban J connectivity index is 0.00000220. The fraction of sp³-hybridized carbons (Fsp3) is 0.667. The number of amides is 1. The van der Waals surface area contributed by atoms with E-state index in [2.05, 4.69) is 40.0 Å². The summed E-state index contributed by atoms with van der Waals surface area (Å²) in [4.78, 5) is 15.0. The van der Waals surface area contributed by atoms with E-state index in [1.54, 1.807) is 0 Å². The quantitative estimate of drug-likeness (QED) is 0.853. The molecule has 0 bridgehead atoms. The highest BCUT2D eigenvalue weighted by atomic mass is 79.9. The zero-order valence-electron chi connectivity index (χ0n) is 12.8. The Hall–Kier alpha value is -0.520. The number of piperidine rings is 1. The number of aromatic nitrogens is 1. The van der Waals surface area contributed by atoms with Gasteiger partial charge in [-0.2, -0.15) is 0 Å². The van der Waals surface area contributed by atoms with Gasteiger partial charge in [0.05, 0.1) is 0 Å². The van der Waals surface area contributed by atoms with Gasteiger partial charge in [0.1, 0.15) is 5.69 Å². The van der Waals surface area contributed by atoms with Gasteiger partial charge in [0, 0.05) is 29.8 Å². The SMILES string of the molecule is CCCN(C(=O)c1cc(Br)cn1CC)C1CCNCC1.Cl. The second-order valence-electron chi connectivity index (χ2n) is 5.31. The number of nitrogens with zero attached hydrogens (tertiary/aromatic N) is 2. The van der Waals surface area contributed by atoms with Crippen molar-refractivity contribution in [3.05, 3.63) is 22.4 Å². The molecular weight excluding hydrogens is 354 g/mol. The molecule has 1 aliphatic rings. The van der Waals surface area contributed by atoms with Crippen LogP contribution in [0.5, 0.6) is 0 Å². The first-order valence-corrected chi connectivity index (χ1v) is 8.34. The van der Waals surface area contributed by atoms with Gasteiger partial charge in [-0.3, -0.25) is 4.79 Å². The Morgan fingerprint density at radius 2 is 2.10 bits per heavy atom. The van der Waals surface area contributed by atoms with E-state index in [1.807, 2.05) is 16.8 Å². The first-order chi connectivity index (χ1) is 9.67. The van der Waals surface area contributed by atoms with Crippen molar-refractivity contribution >= 4 is 34.2 Å². The summed E-state index contributed by atoms with van der Waals surface area (Å²) in [5.74, 6) is 0.173. The molecule has 0 spiro atoms. The lowest BCUT2D eigenvalue weighted by molar-refractivity contribution is 0.0631. The summed E-state index contributed by atoms with van der Waals surface area (Å²) < 4.78 is 3.00. The van der Waals surface area contributed by atoms with E-state index < -0.39 is 0 Å². The van der Waals surface area contributed by atoms with Crippen LogP contribution in [0.4, 0.5) is 0 Å². The maximum Gasteiger partial charge on any atom is 0.270 e. The molecule has 4 nitrogen and oxygen atoms in total. The Morgan fingerprint density at radius 3 is 2.67 bits per heavy atom. The van der Waals surface area contributed by atoms with Crippen molar-refractivity contribution in [1.82, 2.24) is 14.8 Å². The van der Waals surface area contributed by atoms with Crippen molar-refractivity contribution < 1.29 is 4.79 Å². The molecule has 1 saturated heterocycles. The number of carbonyl (C=O) groups excluding carboxylic acids is 1. The zero-order chi connectivity index (χ0) is 14.5. The first-order valence-electron chi connectivity index (χ1n) is 7.54. The molecule has 1 aliphatic heterocycles. The number of carbonyl (C=O) groups is 1. The number of halogens is 2. The highest BCUT2D eigenvalue weighted by molar-refractivity contribution is 9.10. The van der Waals surface area contributed by atoms with Crippen LogP contribution >= 0.6 is 28.3 Å². The lowest BCUT2D eigenvalue weighted by Crippen LogP contribution is -2.46. The fourth-order valence-electron chi connectivity index (χ4n) is 2.87. The summed E-state index contributed by atoms with van der Waals surface area (Å²) in [7, 11) is 0. The van der Waals surface area contributed by atoms with E-state index in [9.17, 15) is 4.79 Å². The molecule has 0 aromatic carbocycles. The normalized spacial score (nSPS) is 15.6. The maximum absolute atomic E-state index is 12.9. The number of nitrogens with one attached hydrogen (secondary N) is 1. The number of aryl methyl sites for hydroxylation is 1. The van der Waals surface area contributed by atoms with Gasteiger partial charge < -0.3 is 14.8 Å². The third-order valence-electron chi connectivity index (χ3n) is 3.90. The fourth-order valence-corrected chi connectivity index (χ4v) is 3.34. The van der Waals surface area contributed by atoms with E-state index in [1.165, 1.54) is 0 Å². The van der Waals surface area contributed by atoms with Gasteiger partial charge in [0.25, 0.3) is 5.91 Å². The Labute approximate surface area is 141 Å². The predicted octanol–water partition coefficient (Wildman–Crippen LogP) is 3.30. The third-order valence-corrected chi connectivity index (χ3v) is 4.33. The van der Waals surface area contributed by atoms with Crippen LogP contribution < -0.4 is 5.32 Å². The van der Waals surface area contributed by atoms with Gasteiger partial charge in [-0.25, -0.2) is 0 Å². The average molecular weight is 379 g/mol. The molecule has 1 fully saturated rings. The molecule has 6 heteroatoms. The standard InChI is InChI=1S/C15H24BrN3O.ClH/c1-3-9-19(13-5-7-17-8-6-13)15(20)14-10-12(16)11-18(14)4-2;/h10-11,13,17H,3-9H2,1-2H3;1H. The van der Waals surface area contributed by atoms with Crippen LogP contribution in [-0.4, -0.2) is 41.1 Å². The molecule has 0 aliphatic carbocycles. The van der Waals surface area contributed by atoms with Crippen LogP contribution in [0.25, 0.3) is 0 Å². The summed E-state index contributed by atoms with van der Waals surface area (Å²) in [6, 6.07) is 2.32. The second-order valence-corrected chi connectivity index (χ2v) is 6.22. The molecule has 21 heavy (non-hydrogen) atoms. The lowest BCUT2D eigenvalue weighted by Gasteiger charge is -2.34. The molecule has 120 valence electrons. The maximum atomic E-state index is 12.9. The highest BCUT2D eigenvalue weighted by Crippen LogP contribution is 2.20. The van der Waals surface area contributed by atoms with E-state index in [4.69, 9.17) is 0 Å². The molecule has 1 N–H and O–H groups in total. The molecule has 1 aromatic rings. The van der Waals surface area contributed by atoms with Crippen LogP contribution in [-0.2, 0) is 6.54 Å². The minimum absolute atomic E-state index is 0. The van der Waals surface area contributed by atoms with Crippen LogP contribution in [0.15, 0.2) is 16.7 Å². The minimum Gasteiger partial charge on any atom is -0.343 e. The minimum atomic E-state index is 0. The molecular formula is C15H25BrClN3O. The first kappa shape index (κ1) is 18.5. The van der Waals surface area contributed by atoms with Crippen molar-refractivity contribution in [2.75, 3.05) is 19.6 Å². The number of hydrogen-bond acceptors (Lipinski definition) is 2. The number of rotatable bonds is 5. The van der Waals surface area contributed by atoms with E-state index in [0.29, 0.717) is 6.04 Å². The molecule has 2 rings (SSSR count). The predicted molar refractivity (Wildman–Crippen MR) is 92.3 cm³/mol. The molecule has 0 atom stereocenters. The summed E-state index contributed by atoms with van der Waals surface area (Å²) >= 11 is 3.47. The van der Waals surface area contributed by atoms with Crippen molar-refractivity contribution in [3.63, 3.8) is 0 Å². The van der Waals surface area contributed by atoms with Gasteiger partial charge in [-0.05, 0) is 61.3 Å². The van der Waals surface area contributed by atoms with Crippen LogP contribution in [0.3, 0.4) is 0 Å². The third kappa shape index (κ3) is 4.47. The van der Waals surface area contributed by atoms with Gasteiger partial charge in [0.2, 0.25) is 0 Å². The summed E-state index contributed by atoms with van der Waals surface area (Å²) in [5, 5.41) is 3.37. The van der Waals surface area contributed by atoms with Gasteiger partial charge >= 0.3 is 0 Å². The lowest BCUT2D eigenvalue weighted by atomic mass is 10.0. The second kappa shape index (κ2) is 8.81. The van der Waals surface area contributed by atoms with Crippen molar-refractivity contribution in [2.45, 2.75) is 45.7 Å². The molecule has 0 saturated carbocycles. The van der Waals surface area contributed by atoms with Crippen molar-refractivity contribution in [3.8, 4) is 0 Å². The molecule has 1 amide bonds. The van der Waals surface area contributed by atoms with Gasteiger partial charge in [0.15, 0.2) is 0 Å². The van der Waals surface area contributed by atoms with Crippen molar-refractivity contribution in [2.24, 2.45) is 0 Å². The molecule has 1 aromatic heterocycles. The average Bonchev–Trinajstić information content (AvgIpc) is 2.86. The van der Waals surface area contributed by atoms with Crippen LogP contribution in [0, 0.1) is 0 Å². The summed E-state index contributed by atoms with van der Waals surface area (Å²) in [5.41, 5.74) is 0.798. The number of hydrogen-bond donors (Lipinski definition) is 1. The Kier molecular flexibility index (Phi) is 7.77. The van der Waals surface area contributed by atoms with E-state index >= 15 is 0 Å². The summed E-state index contributed by atoms with van der Waals surface area (Å²) in [6.07, 6.45) is 5.10. The Bertz CT molecular complexity index is 458.